The first-order chi connectivity index (χ1) is 13.6. The van der Waals surface area contributed by atoms with Crippen molar-refractivity contribution in [3.05, 3.63) is 6.33 Å². The summed E-state index contributed by atoms with van der Waals surface area (Å²) in [6, 6.07) is 0. The van der Waals surface area contributed by atoms with Gasteiger partial charge in [-0.2, -0.15) is 5.21 Å². The molecule has 0 aliphatic rings. The zero-order valence-electron chi connectivity index (χ0n) is 18.1. The molecular formula is C8H24Cl4N4O10P6Y2. The fraction of sp³-hybridized carbons (Fsp3) is 0.875. The maximum atomic E-state index is 10.5. The Morgan fingerprint density at radius 1 is 0.647 bits per heavy atom. The number of tetrazole rings is 1. The number of aromatic nitrogens is 4. The van der Waals surface area contributed by atoms with Gasteiger partial charge in [0.05, 0.1) is 0 Å². The summed E-state index contributed by atoms with van der Waals surface area (Å²) < 4.78 is 62.7. The Morgan fingerprint density at radius 3 is 0.941 bits per heavy atom. The summed E-state index contributed by atoms with van der Waals surface area (Å²) in [7, 11) is -13.2. The van der Waals surface area contributed by atoms with Crippen molar-refractivity contribution >= 4 is 86.1 Å². The molecule has 0 saturated carbocycles. The molecule has 4 atom stereocenters. The number of halogens is 4. The largest absolute Gasteiger partial charge is 0.344 e. The normalized spacial score (nSPS) is 17.8. The van der Waals surface area contributed by atoms with Gasteiger partial charge in [0.25, 0.3) is 11.7 Å². The van der Waals surface area contributed by atoms with Crippen molar-refractivity contribution < 1.29 is 112 Å². The van der Waals surface area contributed by atoms with Crippen LogP contribution in [0.1, 0.15) is 0 Å². The minimum Gasteiger partial charge on any atom is -0.344 e. The maximum absolute atomic E-state index is 10.5. The molecular weight excluding hydrogens is 818 g/mol. The summed E-state index contributed by atoms with van der Waals surface area (Å²) in [5.41, 5.74) is 0. The molecule has 0 saturated heterocycles. The monoisotopic (exact) mass is 840 g/mol. The quantitative estimate of drug-likeness (QED) is 0.238. The van der Waals surface area contributed by atoms with E-state index in [1.807, 2.05) is 0 Å². The van der Waals surface area contributed by atoms with E-state index in [0.717, 1.165) is 26.7 Å². The molecule has 0 fully saturated rings. The SMILES string of the molecule is CP(=O)(O)CP(C)(=O)O.CP(=O)(O)CP(C)(=O)O.O=P(Cl)(Cl)CP(=O)(Cl)Cl.[Y].[Y].c1nn[nH]n1. The molecule has 0 bridgehead atoms. The van der Waals surface area contributed by atoms with Crippen LogP contribution in [0.2, 0.25) is 0 Å². The van der Waals surface area contributed by atoms with Crippen LogP contribution in [-0.2, 0) is 92.8 Å². The van der Waals surface area contributed by atoms with Gasteiger partial charge < -0.3 is 19.6 Å². The van der Waals surface area contributed by atoms with E-state index in [2.05, 4.69) is 20.6 Å². The summed E-state index contributed by atoms with van der Waals surface area (Å²) in [6.45, 7) is 4.28. The van der Waals surface area contributed by atoms with E-state index in [9.17, 15) is 27.4 Å². The summed E-state index contributed by atoms with van der Waals surface area (Å²) in [4.78, 5) is 34.3. The van der Waals surface area contributed by atoms with Gasteiger partial charge >= 0.3 is 0 Å². The average molecular weight is 842 g/mol. The van der Waals surface area contributed by atoms with Crippen LogP contribution in [0.15, 0.2) is 6.33 Å². The first-order valence-electron chi connectivity index (χ1n) is 7.42. The topological polar surface area (TPSA) is 238 Å². The predicted molar refractivity (Wildman–Crippen MR) is 130 cm³/mol. The standard InChI is InChI=1S/2C3H10O4P2.CH2Cl4O2P2.CH2N4.2Y/c2*1-8(4,5)3-9(2,6)7;2-8(3,6)1-9(4,5)7;1-2-4-5-3-1;;/h2*3H2,1-2H3,(H,4,5)(H,6,7);1H2;1H,(H,2,3,4,5);;. The number of aromatic amines is 1. The molecule has 0 aromatic carbocycles. The zero-order chi connectivity index (χ0) is 26.7. The predicted octanol–water partition coefficient (Wildman–Crippen LogP) is 4.97. The van der Waals surface area contributed by atoms with E-state index >= 15 is 0 Å². The Labute approximate surface area is 266 Å². The number of H-pyrrole nitrogens is 1. The molecule has 1 rings (SSSR count). The first-order valence-corrected chi connectivity index (χ1v) is 24.0. The van der Waals surface area contributed by atoms with E-state index in [1.54, 1.807) is 0 Å². The third-order valence-electron chi connectivity index (χ3n) is 1.65. The third-order valence-corrected chi connectivity index (χ3v) is 16.5. The van der Waals surface area contributed by atoms with Crippen molar-refractivity contribution in [2.45, 2.75) is 0 Å². The van der Waals surface area contributed by atoms with Gasteiger partial charge in [-0.1, -0.05) is 5.21 Å². The molecule has 1 aromatic heterocycles. The zero-order valence-corrected chi connectivity index (χ0v) is 32.2. The molecule has 14 nitrogen and oxygen atoms in total. The van der Waals surface area contributed by atoms with Crippen LogP contribution in [0.25, 0.3) is 0 Å². The summed E-state index contributed by atoms with van der Waals surface area (Å²) in [6.07, 6.45) is 1.33. The van der Waals surface area contributed by atoms with Crippen molar-refractivity contribution in [1.29, 1.82) is 0 Å². The van der Waals surface area contributed by atoms with Crippen molar-refractivity contribution in [1.82, 2.24) is 20.6 Å². The Hall–Kier alpha value is 3.66. The fourth-order valence-corrected chi connectivity index (χ4v) is 18.0. The smallest absolute Gasteiger partial charge is 0.262 e. The van der Waals surface area contributed by atoms with Gasteiger partial charge in [-0.05, 0) is 45.0 Å². The van der Waals surface area contributed by atoms with Gasteiger partial charge in [0.1, 0.15) is 17.7 Å². The third kappa shape index (κ3) is 60.3. The van der Waals surface area contributed by atoms with Crippen LogP contribution in [0.3, 0.4) is 0 Å². The molecule has 0 aliphatic heterocycles. The summed E-state index contributed by atoms with van der Waals surface area (Å²) in [5, 5.41) is 12.2. The van der Waals surface area contributed by atoms with E-state index in [1.165, 1.54) is 6.33 Å². The number of rotatable bonds is 6. The van der Waals surface area contributed by atoms with Crippen molar-refractivity contribution in [3.63, 3.8) is 0 Å². The van der Waals surface area contributed by atoms with Gasteiger partial charge in [0, 0.05) is 92.1 Å². The summed E-state index contributed by atoms with van der Waals surface area (Å²) in [5.74, 6) is -8.25. The molecule has 0 aliphatic carbocycles. The molecule has 5 N–H and O–H groups in total. The second-order valence-corrected chi connectivity index (χ2v) is 28.0. The molecule has 26 heteroatoms. The molecule has 0 amide bonds. The van der Waals surface area contributed by atoms with Crippen LogP contribution in [0.5, 0.6) is 0 Å². The van der Waals surface area contributed by atoms with Crippen molar-refractivity contribution in [2.75, 3.05) is 44.4 Å². The Kier molecular flexibility index (Phi) is 28.6. The maximum Gasteiger partial charge on any atom is 0.262 e. The van der Waals surface area contributed by atoms with Crippen molar-refractivity contribution in [2.24, 2.45) is 0 Å². The van der Waals surface area contributed by atoms with E-state index < -0.39 is 58.9 Å². The molecule has 2 radical (unpaired) electrons. The Balaban J connectivity index is -0.000000109. The van der Waals surface area contributed by atoms with Gasteiger partial charge in [0.2, 0.25) is 29.5 Å². The second-order valence-electron chi connectivity index (χ2n) is 6.33. The van der Waals surface area contributed by atoms with E-state index in [0.29, 0.717) is 0 Å². The fourth-order valence-electron chi connectivity index (χ4n) is 1.29. The minimum absolute atomic E-state index is 0. The van der Waals surface area contributed by atoms with Gasteiger partial charge in [-0.3, -0.25) is 27.4 Å². The van der Waals surface area contributed by atoms with Crippen LogP contribution in [0.4, 0.5) is 0 Å². The molecule has 200 valence electrons. The molecule has 1 heterocycles. The summed E-state index contributed by atoms with van der Waals surface area (Å²) >= 11 is 20.0. The Bertz CT molecular complexity index is 761. The number of hydrogen-bond acceptors (Lipinski definition) is 9. The molecule has 34 heavy (non-hydrogen) atoms. The number of nitrogens with one attached hydrogen (secondary N) is 1. The van der Waals surface area contributed by atoms with Gasteiger partial charge in [-0.25, -0.2) is 0 Å². The van der Waals surface area contributed by atoms with Crippen LogP contribution in [-0.4, -0.2) is 84.6 Å². The molecule has 4 unspecified atom stereocenters. The first kappa shape index (κ1) is 47.4. The van der Waals surface area contributed by atoms with Crippen LogP contribution in [0, 0.1) is 0 Å². The van der Waals surface area contributed by atoms with Crippen molar-refractivity contribution in [3.8, 4) is 0 Å². The van der Waals surface area contributed by atoms with E-state index in [-0.39, 0.29) is 65.4 Å². The minimum atomic E-state index is -3.37. The average Bonchev–Trinajstić information content (AvgIpc) is 2.82. The molecule has 1 aromatic rings. The number of hydrogen-bond donors (Lipinski definition) is 5. The van der Waals surface area contributed by atoms with E-state index in [4.69, 9.17) is 64.5 Å². The van der Waals surface area contributed by atoms with Gasteiger partial charge in [0.15, 0.2) is 6.33 Å². The van der Waals surface area contributed by atoms with Crippen LogP contribution >= 0.6 is 86.1 Å². The second kappa shape index (κ2) is 20.5. The molecule has 0 spiro atoms. The van der Waals surface area contributed by atoms with Gasteiger partial charge in [-0.15, -0.1) is 10.2 Å². The Morgan fingerprint density at radius 2 is 0.912 bits per heavy atom. The van der Waals surface area contributed by atoms with Crippen LogP contribution < -0.4 is 0 Å². The number of nitrogens with zero attached hydrogens (tertiary/aromatic N) is 3.